The highest BCUT2D eigenvalue weighted by molar-refractivity contribution is 5.95. The fraction of sp³-hybridized carbons (Fsp3) is 0.519. The predicted molar refractivity (Wildman–Crippen MR) is 132 cm³/mol. The van der Waals surface area contributed by atoms with Crippen molar-refractivity contribution in [3.8, 4) is 0 Å². The Morgan fingerprint density at radius 1 is 0.933 bits per heavy atom. The van der Waals surface area contributed by atoms with Crippen LogP contribution >= 0.6 is 0 Å². The fourth-order valence-electron chi connectivity index (χ4n) is 4.13. The van der Waals surface area contributed by atoms with Crippen LogP contribution in [-0.4, -0.2) is 24.9 Å². The molecular weight excluding hydrogens is 368 g/mol. The van der Waals surface area contributed by atoms with Gasteiger partial charge in [-0.3, -0.25) is 4.79 Å². The van der Waals surface area contributed by atoms with Crippen LogP contribution in [0.1, 0.15) is 89.2 Å². The van der Waals surface area contributed by atoms with Crippen molar-refractivity contribution in [3.63, 3.8) is 0 Å². The van der Waals surface area contributed by atoms with E-state index in [4.69, 9.17) is 0 Å². The molecule has 166 valence electrons. The topological polar surface area (TPSA) is 41.1 Å². The largest absolute Gasteiger partial charge is 0.380 e. The van der Waals surface area contributed by atoms with E-state index < -0.39 is 0 Å². The highest BCUT2D eigenvalue weighted by atomic mass is 16.1. The van der Waals surface area contributed by atoms with Crippen LogP contribution < -0.4 is 10.6 Å². The summed E-state index contributed by atoms with van der Waals surface area (Å²) in [6, 6.07) is 6.58. The van der Waals surface area contributed by atoms with Crippen LogP contribution in [0.2, 0.25) is 0 Å². The molecule has 2 aliphatic heterocycles. The first-order valence-corrected chi connectivity index (χ1v) is 11.9. The number of dihydropyridines is 1. The second kappa shape index (κ2) is 14.0. The van der Waals surface area contributed by atoms with Crippen LogP contribution in [-0.2, 0) is 6.42 Å². The summed E-state index contributed by atoms with van der Waals surface area (Å²) >= 11 is 0. The standard InChI is InChI=1S/C21H24N2O.3C2H6/c1-14(24)17-6-7-19-18(13-17)5-4-16-3-2-10-23-21(16)20(19)15-8-11-22-12-9-15;3*1-2/h2-3,6-7,10,13,21-23H,4-5,8-9,11-12H2,1H3;3*1-2H3. The van der Waals surface area contributed by atoms with Crippen LogP contribution in [0, 0.1) is 0 Å². The number of carbonyl (C=O) groups is 1. The molecule has 1 fully saturated rings. The lowest BCUT2D eigenvalue weighted by Gasteiger charge is -2.29. The van der Waals surface area contributed by atoms with E-state index >= 15 is 0 Å². The van der Waals surface area contributed by atoms with Gasteiger partial charge in [-0.2, -0.15) is 0 Å². The average Bonchev–Trinajstić information content (AvgIpc) is 3.00. The van der Waals surface area contributed by atoms with Crippen molar-refractivity contribution in [1.29, 1.82) is 0 Å². The molecule has 3 aliphatic rings. The second-order valence-corrected chi connectivity index (χ2v) is 6.90. The molecule has 1 unspecified atom stereocenters. The smallest absolute Gasteiger partial charge is 0.159 e. The Hall–Kier alpha value is -2.13. The summed E-state index contributed by atoms with van der Waals surface area (Å²) in [5.41, 5.74) is 7.96. The van der Waals surface area contributed by atoms with E-state index in [0.29, 0.717) is 0 Å². The fourth-order valence-corrected chi connectivity index (χ4v) is 4.13. The number of piperidine rings is 1. The van der Waals surface area contributed by atoms with Gasteiger partial charge in [-0.1, -0.05) is 65.3 Å². The summed E-state index contributed by atoms with van der Waals surface area (Å²) in [4.78, 5) is 11.8. The number of hydrogen-bond acceptors (Lipinski definition) is 3. The van der Waals surface area contributed by atoms with Crippen LogP contribution in [0.25, 0.3) is 5.57 Å². The molecule has 1 aliphatic carbocycles. The molecule has 3 heteroatoms. The molecule has 0 bridgehead atoms. The van der Waals surface area contributed by atoms with Crippen LogP contribution in [0.5, 0.6) is 0 Å². The minimum Gasteiger partial charge on any atom is -0.380 e. The van der Waals surface area contributed by atoms with Gasteiger partial charge in [0.05, 0.1) is 6.04 Å². The number of Topliss-reactive ketones (excluding diaryl/α,β-unsaturated/α-hetero) is 1. The first-order chi connectivity index (χ1) is 14.7. The van der Waals surface area contributed by atoms with Crippen molar-refractivity contribution in [2.75, 3.05) is 13.1 Å². The zero-order chi connectivity index (χ0) is 22.5. The van der Waals surface area contributed by atoms with Gasteiger partial charge in [0.25, 0.3) is 0 Å². The normalized spacial score (nSPS) is 18.9. The Balaban J connectivity index is 0.000000691. The molecule has 1 atom stereocenters. The highest BCUT2D eigenvalue weighted by Gasteiger charge is 2.29. The van der Waals surface area contributed by atoms with Crippen molar-refractivity contribution in [2.24, 2.45) is 0 Å². The zero-order valence-electron chi connectivity index (χ0n) is 20.2. The predicted octanol–water partition coefficient (Wildman–Crippen LogP) is 6.46. The number of aryl methyl sites for hydroxylation is 1. The van der Waals surface area contributed by atoms with Crippen LogP contribution in [0.4, 0.5) is 0 Å². The van der Waals surface area contributed by atoms with Gasteiger partial charge in [-0.05, 0) is 86.3 Å². The first-order valence-electron chi connectivity index (χ1n) is 11.9. The summed E-state index contributed by atoms with van der Waals surface area (Å²) in [6.07, 6.45) is 10.7. The number of carbonyl (C=O) groups excluding carboxylic acids is 1. The van der Waals surface area contributed by atoms with Gasteiger partial charge in [0, 0.05) is 5.56 Å². The van der Waals surface area contributed by atoms with E-state index in [1.807, 2.05) is 47.6 Å². The molecular formula is C27H42N2O. The maximum atomic E-state index is 11.8. The van der Waals surface area contributed by atoms with E-state index in [9.17, 15) is 4.79 Å². The van der Waals surface area contributed by atoms with Gasteiger partial charge < -0.3 is 10.6 Å². The lowest BCUT2D eigenvalue weighted by atomic mass is 9.85. The third kappa shape index (κ3) is 6.18. The van der Waals surface area contributed by atoms with Crippen molar-refractivity contribution in [3.05, 3.63) is 64.4 Å². The molecule has 30 heavy (non-hydrogen) atoms. The van der Waals surface area contributed by atoms with Gasteiger partial charge in [-0.15, -0.1) is 0 Å². The third-order valence-corrected chi connectivity index (χ3v) is 5.40. The Morgan fingerprint density at radius 2 is 1.60 bits per heavy atom. The van der Waals surface area contributed by atoms with Crippen molar-refractivity contribution in [1.82, 2.24) is 10.6 Å². The molecule has 0 saturated carbocycles. The number of allylic oxidation sites excluding steroid dienone is 2. The number of fused-ring (bicyclic) bond motifs is 2. The lowest BCUT2D eigenvalue weighted by molar-refractivity contribution is 0.101. The molecule has 0 radical (unpaired) electrons. The number of benzene rings is 1. The van der Waals surface area contributed by atoms with Gasteiger partial charge in [-0.25, -0.2) is 0 Å². The molecule has 0 amide bonds. The van der Waals surface area contributed by atoms with Crippen molar-refractivity contribution >= 4 is 11.4 Å². The highest BCUT2D eigenvalue weighted by Crippen LogP contribution is 2.38. The Kier molecular flexibility index (Phi) is 12.1. The summed E-state index contributed by atoms with van der Waals surface area (Å²) < 4.78 is 0. The van der Waals surface area contributed by atoms with Gasteiger partial charge in [0.1, 0.15) is 0 Å². The van der Waals surface area contributed by atoms with Gasteiger partial charge in [0.2, 0.25) is 0 Å². The molecule has 1 aromatic carbocycles. The maximum Gasteiger partial charge on any atom is 0.159 e. The van der Waals surface area contributed by atoms with E-state index in [1.54, 1.807) is 12.5 Å². The summed E-state index contributed by atoms with van der Waals surface area (Å²) in [6.45, 7) is 15.8. The minimum absolute atomic E-state index is 0.148. The molecule has 0 aromatic heterocycles. The summed E-state index contributed by atoms with van der Waals surface area (Å²) in [5, 5.41) is 7.05. The number of nitrogens with one attached hydrogen (secondary N) is 2. The van der Waals surface area contributed by atoms with Crippen LogP contribution in [0.15, 0.2) is 47.7 Å². The van der Waals surface area contributed by atoms with Crippen LogP contribution in [0.3, 0.4) is 0 Å². The number of ketones is 1. The molecule has 2 N–H and O–H groups in total. The Morgan fingerprint density at radius 3 is 2.23 bits per heavy atom. The van der Waals surface area contributed by atoms with E-state index in [2.05, 4.69) is 41.1 Å². The molecule has 1 saturated heterocycles. The molecule has 4 rings (SSSR count). The third-order valence-electron chi connectivity index (χ3n) is 5.40. The molecule has 1 aromatic rings. The van der Waals surface area contributed by atoms with E-state index in [1.165, 1.54) is 22.3 Å². The van der Waals surface area contributed by atoms with Gasteiger partial charge in [0.15, 0.2) is 5.78 Å². The SMILES string of the molecule is CC.CC.CC.CC(=O)c1ccc2c(c1)CCC1=CC=CNC1C2=C1CCNCC1. The van der Waals surface area contributed by atoms with E-state index in [-0.39, 0.29) is 11.8 Å². The molecule has 2 heterocycles. The minimum atomic E-state index is 0.148. The summed E-state index contributed by atoms with van der Waals surface area (Å²) in [5.74, 6) is 0.148. The lowest BCUT2D eigenvalue weighted by Crippen LogP contribution is -2.32. The number of rotatable bonds is 1. The zero-order valence-corrected chi connectivity index (χ0v) is 20.2. The second-order valence-electron chi connectivity index (χ2n) is 6.90. The quantitative estimate of drug-likeness (QED) is 0.522. The number of hydrogen-bond donors (Lipinski definition) is 2. The summed E-state index contributed by atoms with van der Waals surface area (Å²) in [7, 11) is 0. The van der Waals surface area contributed by atoms with E-state index in [0.717, 1.165) is 44.3 Å². The molecule has 0 spiro atoms. The monoisotopic (exact) mass is 410 g/mol. The maximum absolute atomic E-state index is 11.8. The first kappa shape index (κ1) is 25.9. The van der Waals surface area contributed by atoms with Crippen molar-refractivity contribution in [2.45, 2.75) is 80.2 Å². The average molecular weight is 411 g/mol. The van der Waals surface area contributed by atoms with Gasteiger partial charge >= 0.3 is 0 Å². The Labute approximate surface area is 184 Å². The Bertz CT molecular complexity index is 763. The van der Waals surface area contributed by atoms with Crippen molar-refractivity contribution < 1.29 is 4.79 Å². The molecule has 3 nitrogen and oxygen atoms in total.